The SMILES string of the molecule is NC(CC(=O)O)c1cccc(C(=O)O)c1. The Morgan fingerprint density at radius 3 is 2.53 bits per heavy atom. The molecule has 0 aliphatic heterocycles. The minimum atomic E-state index is -1.06. The molecule has 4 N–H and O–H groups in total. The highest BCUT2D eigenvalue weighted by Crippen LogP contribution is 2.15. The van der Waals surface area contributed by atoms with Gasteiger partial charge in [0.25, 0.3) is 0 Å². The summed E-state index contributed by atoms with van der Waals surface area (Å²) in [7, 11) is 0. The van der Waals surface area contributed by atoms with Crippen LogP contribution in [0.5, 0.6) is 0 Å². The molecule has 0 radical (unpaired) electrons. The van der Waals surface area contributed by atoms with Crippen LogP contribution in [0, 0.1) is 0 Å². The predicted molar refractivity (Wildman–Crippen MR) is 52.6 cm³/mol. The molecule has 0 aromatic heterocycles. The third-order valence-corrected chi connectivity index (χ3v) is 1.96. The molecule has 0 amide bonds. The molecule has 5 nitrogen and oxygen atoms in total. The maximum atomic E-state index is 10.6. The van der Waals surface area contributed by atoms with Crippen LogP contribution in [-0.4, -0.2) is 22.2 Å². The largest absolute Gasteiger partial charge is 0.481 e. The molecule has 1 rings (SSSR count). The molecule has 0 fully saturated rings. The zero-order valence-electron chi connectivity index (χ0n) is 7.88. The Morgan fingerprint density at radius 1 is 1.33 bits per heavy atom. The van der Waals surface area contributed by atoms with Crippen molar-refractivity contribution in [3.8, 4) is 0 Å². The molecule has 80 valence electrons. The molecule has 0 aliphatic rings. The van der Waals surface area contributed by atoms with Gasteiger partial charge in [-0.1, -0.05) is 12.1 Å². The Bertz CT molecular complexity index is 389. The summed E-state index contributed by atoms with van der Waals surface area (Å²) in [6.07, 6.45) is -0.219. The van der Waals surface area contributed by atoms with Gasteiger partial charge in [-0.2, -0.15) is 0 Å². The van der Waals surface area contributed by atoms with Crippen LogP contribution in [0.3, 0.4) is 0 Å². The molecular weight excluding hydrogens is 198 g/mol. The summed E-state index contributed by atoms with van der Waals surface area (Å²) in [4.78, 5) is 21.0. The first-order valence-corrected chi connectivity index (χ1v) is 4.31. The van der Waals surface area contributed by atoms with Gasteiger partial charge in [-0.3, -0.25) is 4.79 Å². The van der Waals surface area contributed by atoms with Crippen molar-refractivity contribution >= 4 is 11.9 Å². The lowest BCUT2D eigenvalue weighted by Crippen LogP contribution is -2.15. The molecule has 1 unspecified atom stereocenters. The second kappa shape index (κ2) is 4.56. The lowest BCUT2D eigenvalue weighted by Gasteiger charge is -2.09. The van der Waals surface area contributed by atoms with Crippen molar-refractivity contribution in [3.63, 3.8) is 0 Å². The molecule has 1 aromatic rings. The number of hydrogen-bond donors (Lipinski definition) is 3. The van der Waals surface area contributed by atoms with E-state index in [1.807, 2.05) is 0 Å². The number of carbonyl (C=O) groups is 2. The van der Waals surface area contributed by atoms with E-state index in [0.717, 1.165) is 0 Å². The van der Waals surface area contributed by atoms with Gasteiger partial charge < -0.3 is 15.9 Å². The fourth-order valence-corrected chi connectivity index (χ4v) is 1.21. The second-order valence-electron chi connectivity index (χ2n) is 3.13. The van der Waals surface area contributed by atoms with Crippen molar-refractivity contribution < 1.29 is 19.8 Å². The van der Waals surface area contributed by atoms with Crippen molar-refractivity contribution in [3.05, 3.63) is 35.4 Å². The van der Waals surface area contributed by atoms with Gasteiger partial charge in [0.1, 0.15) is 0 Å². The van der Waals surface area contributed by atoms with Crippen molar-refractivity contribution in [1.29, 1.82) is 0 Å². The summed E-state index contributed by atoms with van der Waals surface area (Å²) in [5.74, 6) is -2.07. The van der Waals surface area contributed by atoms with Gasteiger partial charge in [-0.15, -0.1) is 0 Å². The quantitative estimate of drug-likeness (QED) is 0.682. The molecule has 1 atom stereocenters. The summed E-state index contributed by atoms with van der Waals surface area (Å²) in [5.41, 5.74) is 6.21. The van der Waals surface area contributed by atoms with Crippen LogP contribution in [-0.2, 0) is 4.79 Å². The lowest BCUT2D eigenvalue weighted by molar-refractivity contribution is -0.137. The number of rotatable bonds is 4. The Morgan fingerprint density at radius 2 is 2.00 bits per heavy atom. The minimum Gasteiger partial charge on any atom is -0.481 e. The molecule has 0 spiro atoms. The smallest absolute Gasteiger partial charge is 0.335 e. The van der Waals surface area contributed by atoms with Crippen LogP contribution in [0.1, 0.15) is 28.4 Å². The molecule has 0 saturated carbocycles. The van der Waals surface area contributed by atoms with E-state index in [0.29, 0.717) is 5.56 Å². The summed E-state index contributed by atoms with van der Waals surface area (Å²) < 4.78 is 0. The molecule has 0 aliphatic carbocycles. The van der Waals surface area contributed by atoms with E-state index in [4.69, 9.17) is 15.9 Å². The van der Waals surface area contributed by atoms with Crippen molar-refractivity contribution in [1.82, 2.24) is 0 Å². The minimum absolute atomic E-state index is 0.105. The highest BCUT2D eigenvalue weighted by Gasteiger charge is 2.12. The molecular formula is C10H11NO4. The first-order chi connectivity index (χ1) is 7.00. The van der Waals surface area contributed by atoms with Crippen LogP contribution in [0.15, 0.2) is 24.3 Å². The Kier molecular flexibility index (Phi) is 3.41. The summed E-state index contributed by atoms with van der Waals surface area (Å²) in [5, 5.41) is 17.2. The maximum absolute atomic E-state index is 10.6. The summed E-state index contributed by atoms with van der Waals surface area (Å²) in [6, 6.07) is 5.29. The predicted octanol–water partition coefficient (Wildman–Crippen LogP) is 0.859. The normalized spacial score (nSPS) is 12.1. The van der Waals surface area contributed by atoms with Gasteiger partial charge in [0, 0.05) is 6.04 Å². The standard InChI is InChI=1S/C10H11NO4/c11-8(5-9(12)13)6-2-1-3-7(4-6)10(14)15/h1-4,8H,5,11H2,(H,12,13)(H,14,15). The van der Waals surface area contributed by atoms with E-state index >= 15 is 0 Å². The van der Waals surface area contributed by atoms with Crippen LogP contribution in [0.2, 0.25) is 0 Å². The zero-order chi connectivity index (χ0) is 11.4. The van der Waals surface area contributed by atoms with Crippen molar-refractivity contribution in [2.24, 2.45) is 5.73 Å². The van der Waals surface area contributed by atoms with Crippen molar-refractivity contribution in [2.75, 3.05) is 0 Å². The van der Waals surface area contributed by atoms with Crippen LogP contribution >= 0.6 is 0 Å². The third kappa shape index (κ3) is 3.07. The van der Waals surface area contributed by atoms with Crippen LogP contribution in [0.4, 0.5) is 0 Å². The molecule has 5 heteroatoms. The first-order valence-electron chi connectivity index (χ1n) is 4.31. The monoisotopic (exact) mass is 209 g/mol. The zero-order valence-corrected chi connectivity index (χ0v) is 7.88. The van der Waals surface area contributed by atoms with E-state index in [1.54, 1.807) is 12.1 Å². The number of nitrogens with two attached hydrogens (primary N) is 1. The number of hydrogen-bond acceptors (Lipinski definition) is 3. The van der Waals surface area contributed by atoms with Gasteiger partial charge >= 0.3 is 11.9 Å². The summed E-state index contributed by atoms with van der Waals surface area (Å²) in [6.45, 7) is 0. The Hall–Kier alpha value is -1.88. The topological polar surface area (TPSA) is 101 Å². The maximum Gasteiger partial charge on any atom is 0.335 e. The van der Waals surface area contributed by atoms with Gasteiger partial charge in [0.15, 0.2) is 0 Å². The average molecular weight is 209 g/mol. The first kappa shape index (κ1) is 11.2. The van der Waals surface area contributed by atoms with Gasteiger partial charge in [0.05, 0.1) is 12.0 Å². The molecule has 1 aromatic carbocycles. The Labute approximate surface area is 86.1 Å². The second-order valence-corrected chi connectivity index (χ2v) is 3.13. The van der Waals surface area contributed by atoms with Gasteiger partial charge in [0.2, 0.25) is 0 Å². The van der Waals surface area contributed by atoms with E-state index in [1.165, 1.54) is 12.1 Å². The third-order valence-electron chi connectivity index (χ3n) is 1.96. The highest BCUT2D eigenvalue weighted by molar-refractivity contribution is 5.87. The highest BCUT2D eigenvalue weighted by atomic mass is 16.4. The fourth-order valence-electron chi connectivity index (χ4n) is 1.21. The van der Waals surface area contributed by atoms with E-state index in [2.05, 4.69) is 0 Å². The summed E-state index contributed by atoms with van der Waals surface area (Å²) >= 11 is 0. The van der Waals surface area contributed by atoms with Gasteiger partial charge in [-0.25, -0.2) is 4.79 Å². The van der Waals surface area contributed by atoms with E-state index < -0.39 is 18.0 Å². The molecule has 0 saturated heterocycles. The molecule has 0 bridgehead atoms. The number of aliphatic carboxylic acids is 1. The molecule has 0 heterocycles. The average Bonchev–Trinajstić information content (AvgIpc) is 2.17. The van der Waals surface area contributed by atoms with E-state index in [9.17, 15) is 9.59 Å². The number of benzene rings is 1. The Balaban J connectivity index is 2.89. The van der Waals surface area contributed by atoms with Gasteiger partial charge in [-0.05, 0) is 17.7 Å². The van der Waals surface area contributed by atoms with E-state index in [-0.39, 0.29) is 12.0 Å². The number of carboxylic acids is 2. The van der Waals surface area contributed by atoms with Crippen molar-refractivity contribution in [2.45, 2.75) is 12.5 Å². The van der Waals surface area contributed by atoms with Crippen LogP contribution < -0.4 is 5.73 Å². The van der Waals surface area contributed by atoms with Crippen LogP contribution in [0.25, 0.3) is 0 Å². The number of aromatic carboxylic acids is 1. The molecule has 15 heavy (non-hydrogen) atoms. The fraction of sp³-hybridized carbons (Fsp3) is 0.200. The number of carboxylic acid groups (broad SMARTS) is 2. The lowest BCUT2D eigenvalue weighted by atomic mass is 10.0.